The van der Waals surface area contributed by atoms with Crippen LogP contribution in [0.3, 0.4) is 0 Å². The minimum absolute atomic E-state index is 0.00119. The van der Waals surface area contributed by atoms with Crippen LogP contribution in [0.25, 0.3) is 11.5 Å². The van der Waals surface area contributed by atoms with Crippen molar-refractivity contribution >= 4 is 0 Å². The first-order valence-electron chi connectivity index (χ1n) is 8.06. The molecule has 1 atom stereocenters. The zero-order valence-corrected chi connectivity index (χ0v) is 12.5. The molecule has 0 bridgehead atoms. The van der Waals surface area contributed by atoms with E-state index in [4.69, 9.17) is 4.52 Å². The Bertz CT molecular complexity index is 642. The summed E-state index contributed by atoms with van der Waals surface area (Å²) in [5, 5.41) is 7.76. The predicted octanol–water partition coefficient (Wildman–Crippen LogP) is 3.30. The Balaban J connectivity index is 1.64. The molecule has 116 valence electrons. The summed E-state index contributed by atoms with van der Waals surface area (Å²) in [4.78, 5) is 4.65. The summed E-state index contributed by atoms with van der Waals surface area (Å²) < 4.78 is 18.5. The van der Waals surface area contributed by atoms with Gasteiger partial charge < -0.3 is 9.84 Å². The lowest BCUT2D eigenvalue weighted by atomic mass is 9.75. The molecule has 0 amide bonds. The molecule has 0 spiro atoms. The van der Waals surface area contributed by atoms with Gasteiger partial charge in [0, 0.05) is 17.5 Å². The second kappa shape index (κ2) is 5.47. The highest BCUT2D eigenvalue weighted by molar-refractivity contribution is 5.52. The van der Waals surface area contributed by atoms with Crippen molar-refractivity contribution < 1.29 is 8.91 Å². The van der Waals surface area contributed by atoms with Crippen LogP contribution in [0.1, 0.15) is 37.9 Å². The Morgan fingerprint density at radius 1 is 1.27 bits per heavy atom. The van der Waals surface area contributed by atoms with Crippen LogP contribution in [-0.4, -0.2) is 23.2 Å². The normalized spacial score (nSPS) is 25.3. The van der Waals surface area contributed by atoms with Gasteiger partial charge in [0.25, 0.3) is 5.89 Å². The molecule has 22 heavy (non-hydrogen) atoms. The highest BCUT2D eigenvalue weighted by Gasteiger charge is 2.42. The van der Waals surface area contributed by atoms with Crippen LogP contribution in [0.15, 0.2) is 28.8 Å². The molecule has 1 saturated carbocycles. The fraction of sp³-hybridized carbons (Fsp3) is 0.529. The minimum atomic E-state index is -0.259. The number of piperidine rings is 1. The molecule has 2 aliphatic rings. The lowest BCUT2D eigenvalue weighted by molar-refractivity contribution is 0.256. The second-order valence-electron chi connectivity index (χ2n) is 6.64. The fourth-order valence-electron chi connectivity index (χ4n) is 3.45. The third-order valence-electron chi connectivity index (χ3n) is 4.84. The third-order valence-corrected chi connectivity index (χ3v) is 4.84. The number of nitrogens with one attached hydrogen (secondary N) is 1. The van der Waals surface area contributed by atoms with Crippen molar-refractivity contribution in [2.24, 2.45) is 5.92 Å². The standard InChI is InChI=1S/C17H20FN3O/c18-14-6-4-13(5-7-14)15-20-16(21-22-15)17(10-12-2-3-12)8-1-9-19-11-17/h4-7,12,19H,1-3,8-11H2. The molecule has 4 rings (SSSR count). The summed E-state index contributed by atoms with van der Waals surface area (Å²) in [6.45, 7) is 1.99. The summed E-state index contributed by atoms with van der Waals surface area (Å²) in [6.07, 6.45) is 6.04. The Kier molecular flexibility index (Phi) is 3.45. The monoisotopic (exact) mass is 301 g/mol. The van der Waals surface area contributed by atoms with Gasteiger partial charge in [-0.25, -0.2) is 4.39 Å². The number of aromatic nitrogens is 2. The van der Waals surface area contributed by atoms with Gasteiger partial charge in [0.1, 0.15) is 5.82 Å². The zero-order chi connectivity index (χ0) is 15.0. The van der Waals surface area contributed by atoms with Gasteiger partial charge in [0.15, 0.2) is 5.82 Å². The van der Waals surface area contributed by atoms with E-state index in [1.165, 1.54) is 25.0 Å². The first-order valence-corrected chi connectivity index (χ1v) is 8.06. The Morgan fingerprint density at radius 3 is 2.77 bits per heavy atom. The van der Waals surface area contributed by atoms with Gasteiger partial charge in [0.05, 0.1) is 0 Å². The average Bonchev–Trinajstić information content (AvgIpc) is 3.20. The number of hydrogen-bond acceptors (Lipinski definition) is 4. The van der Waals surface area contributed by atoms with Crippen molar-refractivity contribution in [3.05, 3.63) is 35.9 Å². The van der Waals surface area contributed by atoms with Gasteiger partial charge in [-0.2, -0.15) is 4.98 Å². The first-order chi connectivity index (χ1) is 10.8. The molecule has 1 aromatic heterocycles. The van der Waals surface area contributed by atoms with Crippen LogP contribution in [-0.2, 0) is 5.41 Å². The molecule has 5 heteroatoms. The molecule has 1 saturated heterocycles. The fourth-order valence-corrected chi connectivity index (χ4v) is 3.45. The smallest absolute Gasteiger partial charge is 0.257 e. The summed E-state index contributed by atoms with van der Waals surface area (Å²) >= 11 is 0. The zero-order valence-electron chi connectivity index (χ0n) is 12.5. The summed E-state index contributed by atoms with van der Waals surface area (Å²) in [7, 11) is 0. The number of benzene rings is 1. The maximum Gasteiger partial charge on any atom is 0.257 e. The molecule has 1 unspecified atom stereocenters. The van der Waals surface area contributed by atoms with Gasteiger partial charge >= 0.3 is 0 Å². The van der Waals surface area contributed by atoms with Crippen LogP contribution in [0, 0.1) is 11.7 Å². The van der Waals surface area contributed by atoms with Crippen LogP contribution >= 0.6 is 0 Å². The lowest BCUT2D eigenvalue weighted by Crippen LogP contribution is -2.44. The quantitative estimate of drug-likeness (QED) is 0.941. The van der Waals surface area contributed by atoms with E-state index >= 15 is 0 Å². The summed E-state index contributed by atoms with van der Waals surface area (Å²) in [5.74, 6) is 1.85. The van der Waals surface area contributed by atoms with E-state index in [2.05, 4.69) is 15.5 Å². The van der Waals surface area contributed by atoms with Crippen LogP contribution in [0.5, 0.6) is 0 Å². The van der Waals surface area contributed by atoms with Gasteiger partial charge in [-0.15, -0.1) is 0 Å². The van der Waals surface area contributed by atoms with Crippen LogP contribution < -0.4 is 5.32 Å². The van der Waals surface area contributed by atoms with E-state index in [-0.39, 0.29) is 11.2 Å². The summed E-state index contributed by atoms with van der Waals surface area (Å²) in [6, 6.07) is 6.20. The van der Waals surface area contributed by atoms with E-state index in [0.717, 1.165) is 49.7 Å². The van der Waals surface area contributed by atoms with E-state index in [1.54, 1.807) is 12.1 Å². The molecule has 2 fully saturated rings. The van der Waals surface area contributed by atoms with Crippen molar-refractivity contribution in [1.82, 2.24) is 15.5 Å². The highest BCUT2D eigenvalue weighted by atomic mass is 19.1. The molecular formula is C17H20FN3O. The van der Waals surface area contributed by atoms with E-state index < -0.39 is 0 Å². The number of halogens is 1. The largest absolute Gasteiger partial charge is 0.334 e. The van der Waals surface area contributed by atoms with E-state index in [0.29, 0.717) is 5.89 Å². The minimum Gasteiger partial charge on any atom is -0.334 e. The average molecular weight is 301 g/mol. The van der Waals surface area contributed by atoms with Gasteiger partial charge in [-0.3, -0.25) is 0 Å². The van der Waals surface area contributed by atoms with Crippen molar-refractivity contribution in [1.29, 1.82) is 0 Å². The molecule has 1 N–H and O–H groups in total. The highest BCUT2D eigenvalue weighted by Crippen LogP contribution is 2.44. The molecular weight excluding hydrogens is 281 g/mol. The molecule has 2 heterocycles. The second-order valence-corrected chi connectivity index (χ2v) is 6.64. The third kappa shape index (κ3) is 2.65. The molecule has 2 aromatic rings. The van der Waals surface area contributed by atoms with Crippen molar-refractivity contribution in [2.75, 3.05) is 13.1 Å². The van der Waals surface area contributed by atoms with Crippen LogP contribution in [0.2, 0.25) is 0 Å². The van der Waals surface area contributed by atoms with Gasteiger partial charge in [-0.05, 0) is 56.0 Å². The molecule has 0 radical (unpaired) electrons. The number of nitrogens with zero attached hydrogens (tertiary/aromatic N) is 2. The lowest BCUT2D eigenvalue weighted by Gasteiger charge is -2.35. The predicted molar refractivity (Wildman–Crippen MR) is 80.8 cm³/mol. The van der Waals surface area contributed by atoms with Gasteiger partial charge in [-0.1, -0.05) is 18.0 Å². The van der Waals surface area contributed by atoms with Gasteiger partial charge in [0.2, 0.25) is 0 Å². The van der Waals surface area contributed by atoms with Crippen molar-refractivity contribution in [3.63, 3.8) is 0 Å². The SMILES string of the molecule is Fc1ccc(-c2nc(C3(CC4CC4)CCCNC3)no2)cc1. The molecule has 1 aliphatic heterocycles. The maximum atomic E-state index is 13.0. The van der Waals surface area contributed by atoms with E-state index in [1.807, 2.05) is 0 Å². The Morgan fingerprint density at radius 2 is 2.09 bits per heavy atom. The first kappa shape index (κ1) is 13.9. The number of hydrogen-bond donors (Lipinski definition) is 1. The van der Waals surface area contributed by atoms with E-state index in [9.17, 15) is 4.39 Å². The van der Waals surface area contributed by atoms with Crippen LogP contribution in [0.4, 0.5) is 4.39 Å². The Labute approximate surface area is 129 Å². The number of rotatable bonds is 4. The maximum absolute atomic E-state index is 13.0. The topological polar surface area (TPSA) is 51.0 Å². The molecule has 1 aliphatic carbocycles. The Hall–Kier alpha value is -1.75. The summed E-state index contributed by atoms with van der Waals surface area (Å²) in [5.41, 5.74) is 0.770. The molecule has 4 nitrogen and oxygen atoms in total. The van der Waals surface area contributed by atoms with Crippen molar-refractivity contribution in [2.45, 2.75) is 37.5 Å². The van der Waals surface area contributed by atoms with Crippen molar-refractivity contribution in [3.8, 4) is 11.5 Å². The molecule has 1 aromatic carbocycles.